The van der Waals surface area contributed by atoms with Gasteiger partial charge in [-0.05, 0) is 48.9 Å². The van der Waals surface area contributed by atoms with Crippen molar-refractivity contribution >= 4 is 10.0 Å². The van der Waals surface area contributed by atoms with Gasteiger partial charge in [0.25, 0.3) is 0 Å². The molecule has 2 aromatic heterocycles. The lowest BCUT2D eigenvalue weighted by Gasteiger charge is -2.12. The topological polar surface area (TPSA) is 81.2 Å². The molecule has 3 aromatic rings. The molecule has 0 aliphatic rings. The van der Waals surface area contributed by atoms with Crippen LogP contribution in [0, 0.1) is 0 Å². The van der Waals surface area contributed by atoms with Crippen molar-refractivity contribution in [3.05, 3.63) is 72.7 Å². The summed E-state index contributed by atoms with van der Waals surface area (Å²) < 4.78 is 33.3. The average Bonchev–Trinajstić information content (AvgIpc) is 2.68. The first-order valence-corrected chi connectivity index (χ1v) is 9.65. The van der Waals surface area contributed by atoms with Crippen LogP contribution in [0.1, 0.15) is 12.5 Å². The Balaban J connectivity index is 1.79. The van der Waals surface area contributed by atoms with Gasteiger partial charge in [0.2, 0.25) is 10.0 Å². The summed E-state index contributed by atoms with van der Waals surface area (Å²) in [5.74, 6) is 0.342. The van der Waals surface area contributed by atoms with E-state index in [0.717, 1.165) is 16.8 Å². The Morgan fingerprint density at radius 1 is 1.04 bits per heavy atom. The standard InChI is InChI=1S/C19H19N3O3S/c1-2-25-18-5-3-4-6-19(18)26(23,24)22-14-15-7-12-21-17(13-15)16-8-10-20-11-9-16/h3-13,22H,2,14H2,1H3. The number of nitrogens with one attached hydrogen (secondary N) is 1. The molecule has 0 unspecified atom stereocenters. The third-order valence-electron chi connectivity index (χ3n) is 3.71. The van der Waals surface area contributed by atoms with Gasteiger partial charge in [-0.15, -0.1) is 0 Å². The van der Waals surface area contributed by atoms with Gasteiger partial charge in [-0.2, -0.15) is 0 Å². The van der Waals surface area contributed by atoms with Crippen LogP contribution in [0.5, 0.6) is 5.75 Å². The number of para-hydroxylation sites is 1. The van der Waals surface area contributed by atoms with Crippen molar-refractivity contribution in [1.29, 1.82) is 0 Å². The molecular weight excluding hydrogens is 350 g/mol. The number of aromatic nitrogens is 2. The molecule has 0 spiro atoms. The maximum Gasteiger partial charge on any atom is 0.244 e. The van der Waals surface area contributed by atoms with Crippen molar-refractivity contribution in [3.8, 4) is 17.0 Å². The molecule has 2 heterocycles. The molecule has 26 heavy (non-hydrogen) atoms. The van der Waals surface area contributed by atoms with Crippen LogP contribution in [0.4, 0.5) is 0 Å². The third-order valence-corrected chi connectivity index (χ3v) is 5.15. The highest BCUT2D eigenvalue weighted by molar-refractivity contribution is 7.89. The van der Waals surface area contributed by atoms with Crippen molar-refractivity contribution in [2.45, 2.75) is 18.4 Å². The minimum Gasteiger partial charge on any atom is -0.492 e. The molecule has 0 atom stereocenters. The van der Waals surface area contributed by atoms with E-state index in [1.807, 2.05) is 25.1 Å². The Hall–Kier alpha value is -2.77. The molecule has 0 bridgehead atoms. The molecule has 0 fully saturated rings. The van der Waals surface area contributed by atoms with Gasteiger partial charge in [0, 0.05) is 30.7 Å². The van der Waals surface area contributed by atoms with Crippen LogP contribution in [0.3, 0.4) is 0 Å². The lowest BCUT2D eigenvalue weighted by atomic mass is 10.1. The van der Waals surface area contributed by atoms with Crippen LogP contribution in [0.15, 0.2) is 72.0 Å². The number of hydrogen-bond donors (Lipinski definition) is 1. The van der Waals surface area contributed by atoms with Crippen LogP contribution in [-0.2, 0) is 16.6 Å². The molecule has 0 aliphatic heterocycles. The quantitative estimate of drug-likeness (QED) is 0.692. The van der Waals surface area contributed by atoms with Crippen LogP contribution >= 0.6 is 0 Å². The van der Waals surface area contributed by atoms with Gasteiger partial charge in [-0.25, -0.2) is 13.1 Å². The van der Waals surface area contributed by atoms with Crippen molar-refractivity contribution in [2.75, 3.05) is 6.61 Å². The fourth-order valence-electron chi connectivity index (χ4n) is 2.47. The number of pyridine rings is 2. The molecule has 0 saturated carbocycles. The zero-order valence-electron chi connectivity index (χ0n) is 14.3. The summed E-state index contributed by atoms with van der Waals surface area (Å²) in [7, 11) is -3.69. The molecule has 0 saturated heterocycles. The number of nitrogens with zero attached hydrogens (tertiary/aromatic N) is 2. The minimum atomic E-state index is -3.69. The lowest BCUT2D eigenvalue weighted by Crippen LogP contribution is -2.24. The Labute approximate surface area is 153 Å². The zero-order valence-corrected chi connectivity index (χ0v) is 15.1. The van der Waals surface area contributed by atoms with Gasteiger partial charge < -0.3 is 4.74 Å². The molecular formula is C19H19N3O3S. The molecule has 0 amide bonds. The first-order chi connectivity index (χ1) is 12.6. The number of ether oxygens (including phenoxy) is 1. The number of sulfonamides is 1. The zero-order chi connectivity index (χ0) is 18.4. The maximum atomic E-state index is 12.6. The highest BCUT2D eigenvalue weighted by atomic mass is 32.2. The van der Waals surface area contributed by atoms with Crippen LogP contribution in [-0.4, -0.2) is 25.0 Å². The maximum absolute atomic E-state index is 12.6. The summed E-state index contributed by atoms with van der Waals surface area (Å²) in [4.78, 5) is 8.44. The Kier molecular flexibility index (Phi) is 5.60. The first-order valence-electron chi connectivity index (χ1n) is 8.17. The van der Waals surface area contributed by atoms with Crippen molar-refractivity contribution in [1.82, 2.24) is 14.7 Å². The fraction of sp³-hybridized carbons (Fsp3) is 0.158. The van der Waals surface area contributed by atoms with Gasteiger partial charge in [0.15, 0.2) is 0 Å². The van der Waals surface area contributed by atoms with E-state index < -0.39 is 10.0 Å². The van der Waals surface area contributed by atoms with E-state index in [0.29, 0.717) is 12.4 Å². The van der Waals surface area contributed by atoms with Gasteiger partial charge in [-0.1, -0.05) is 12.1 Å². The van der Waals surface area contributed by atoms with Crippen LogP contribution in [0.2, 0.25) is 0 Å². The molecule has 0 radical (unpaired) electrons. The molecule has 7 heteroatoms. The lowest BCUT2D eigenvalue weighted by molar-refractivity contribution is 0.331. The molecule has 0 aliphatic carbocycles. The van der Waals surface area contributed by atoms with Gasteiger partial charge in [0.05, 0.1) is 12.3 Å². The van der Waals surface area contributed by atoms with E-state index >= 15 is 0 Å². The molecule has 1 aromatic carbocycles. The van der Waals surface area contributed by atoms with E-state index in [2.05, 4.69) is 14.7 Å². The third kappa shape index (κ3) is 4.25. The summed E-state index contributed by atoms with van der Waals surface area (Å²) in [5, 5.41) is 0. The molecule has 6 nitrogen and oxygen atoms in total. The average molecular weight is 369 g/mol. The molecule has 1 N–H and O–H groups in total. The second kappa shape index (κ2) is 8.07. The summed E-state index contributed by atoms with van der Waals surface area (Å²) in [6.07, 6.45) is 5.04. The van der Waals surface area contributed by atoms with Gasteiger partial charge >= 0.3 is 0 Å². The summed E-state index contributed by atoms with van der Waals surface area (Å²) in [6.45, 7) is 2.37. The SMILES string of the molecule is CCOc1ccccc1S(=O)(=O)NCc1ccnc(-c2ccncc2)c1. The Bertz CT molecular complexity index is 976. The van der Waals surface area contributed by atoms with Crippen molar-refractivity contribution in [2.24, 2.45) is 0 Å². The Morgan fingerprint density at radius 3 is 2.58 bits per heavy atom. The fourth-order valence-corrected chi connectivity index (χ4v) is 3.63. The van der Waals surface area contributed by atoms with Crippen LogP contribution in [0.25, 0.3) is 11.3 Å². The predicted octanol–water partition coefficient (Wildman–Crippen LogP) is 3.02. The predicted molar refractivity (Wildman–Crippen MR) is 99.1 cm³/mol. The molecule has 134 valence electrons. The number of rotatable bonds is 7. The number of hydrogen-bond acceptors (Lipinski definition) is 5. The normalized spacial score (nSPS) is 11.3. The van der Waals surface area contributed by atoms with E-state index in [-0.39, 0.29) is 11.4 Å². The largest absolute Gasteiger partial charge is 0.492 e. The van der Waals surface area contributed by atoms with E-state index in [4.69, 9.17) is 4.74 Å². The smallest absolute Gasteiger partial charge is 0.244 e. The molecule has 3 rings (SSSR count). The second-order valence-electron chi connectivity index (χ2n) is 5.49. The summed E-state index contributed by atoms with van der Waals surface area (Å²) in [5.41, 5.74) is 2.49. The highest BCUT2D eigenvalue weighted by Crippen LogP contribution is 2.23. The van der Waals surface area contributed by atoms with Crippen LogP contribution < -0.4 is 9.46 Å². The highest BCUT2D eigenvalue weighted by Gasteiger charge is 2.19. The van der Waals surface area contributed by atoms with E-state index in [1.165, 1.54) is 6.07 Å². The number of benzene rings is 1. The van der Waals surface area contributed by atoms with Crippen molar-refractivity contribution in [3.63, 3.8) is 0 Å². The summed E-state index contributed by atoms with van der Waals surface area (Å²) >= 11 is 0. The van der Waals surface area contributed by atoms with E-state index in [9.17, 15) is 8.42 Å². The van der Waals surface area contributed by atoms with Gasteiger partial charge in [0.1, 0.15) is 10.6 Å². The van der Waals surface area contributed by atoms with E-state index in [1.54, 1.807) is 42.9 Å². The Morgan fingerprint density at radius 2 is 1.81 bits per heavy atom. The summed E-state index contributed by atoms with van der Waals surface area (Å²) in [6, 6.07) is 13.9. The minimum absolute atomic E-state index is 0.130. The second-order valence-corrected chi connectivity index (χ2v) is 7.22. The van der Waals surface area contributed by atoms with Crippen molar-refractivity contribution < 1.29 is 13.2 Å². The van der Waals surface area contributed by atoms with Gasteiger partial charge in [-0.3, -0.25) is 9.97 Å². The first kappa shape index (κ1) is 18.0. The monoisotopic (exact) mass is 369 g/mol.